The number of rotatable bonds is 9. The highest BCUT2D eigenvalue weighted by Crippen LogP contribution is 2.23. The van der Waals surface area contributed by atoms with Crippen LogP contribution in [-0.2, 0) is 6.42 Å². The number of benzene rings is 2. The van der Waals surface area contributed by atoms with Crippen LogP contribution in [-0.4, -0.2) is 33.8 Å². The lowest BCUT2D eigenvalue weighted by atomic mass is 10.1. The van der Waals surface area contributed by atoms with Crippen molar-refractivity contribution in [3.63, 3.8) is 0 Å². The lowest BCUT2D eigenvalue weighted by Crippen LogP contribution is -2.06. The van der Waals surface area contributed by atoms with Crippen LogP contribution in [0.3, 0.4) is 0 Å². The van der Waals surface area contributed by atoms with Crippen LogP contribution in [0.5, 0.6) is 11.5 Å². The van der Waals surface area contributed by atoms with E-state index in [0.717, 1.165) is 25.0 Å². The molecule has 2 aromatic carbocycles. The van der Waals surface area contributed by atoms with Gasteiger partial charge in [-0.25, -0.2) is 0 Å². The third-order valence-electron chi connectivity index (χ3n) is 4.57. The Balaban J connectivity index is 1.37. The van der Waals surface area contributed by atoms with Crippen molar-refractivity contribution in [3.8, 4) is 23.1 Å². The zero-order valence-corrected chi connectivity index (χ0v) is 16.6. The minimum atomic E-state index is -0.179. The van der Waals surface area contributed by atoms with Crippen molar-refractivity contribution in [3.05, 3.63) is 64.3 Å². The standard InChI is InChI=1S/C22H22N4O4/c1-2-6-15-7-3-4-8-19(15)29-12-5-11-28-16-9-10-17-18(27)14-21(30-20(17)13-16)22-23-25-26-24-22/h3-4,7-10,13-14H,2,5-6,11-12H2,1H3,(H,23,24,25,26). The molecule has 0 radical (unpaired) electrons. The van der Waals surface area contributed by atoms with Crippen molar-refractivity contribution >= 4 is 11.0 Å². The largest absolute Gasteiger partial charge is 0.493 e. The maximum absolute atomic E-state index is 12.3. The van der Waals surface area contributed by atoms with E-state index in [1.165, 1.54) is 11.6 Å². The summed E-state index contributed by atoms with van der Waals surface area (Å²) in [6, 6.07) is 14.6. The number of aromatic nitrogens is 4. The third-order valence-corrected chi connectivity index (χ3v) is 4.57. The summed E-state index contributed by atoms with van der Waals surface area (Å²) in [5, 5.41) is 14.0. The first kappa shape index (κ1) is 19.6. The third kappa shape index (κ3) is 4.48. The molecule has 4 rings (SSSR count). The van der Waals surface area contributed by atoms with Crippen molar-refractivity contribution in [2.45, 2.75) is 26.2 Å². The van der Waals surface area contributed by atoms with Gasteiger partial charge in [0, 0.05) is 18.6 Å². The number of nitrogens with one attached hydrogen (secondary N) is 1. The number of nitrogens with zero attached hydrogens (tertiary/aromatic N) is 3. The summed E-state index contributed by atoms with van der Waals surface area (Å²) in [5.41, 5.74) is 1.45. The molecule has 2 aromatic heterocycles. The molecule has 0 saturated carbocycles. The van der Waals surface area contributed by atoms with Gasteiger partial charge in [-0.3, -0.25) is 4.79 Å². The van der Waals surface area contributed by atoms with Crippen LogP contribution in [0.15, 0.2) is 57.7 Å². The van der Waals surface area contributed by atoms with Crippen molar-refractivity contribution in [2.75, 3.05) is 13.2 Å². The first-order valence-electron chi connectivity index (χ1n) is 9.90. The summed E-state index contributed by atoms with van der Waals surface area (Å²) in [7, 11) is 0. The molecule has 8 nitrogen and oxygen atoms in total. The normalized spacial score (nSPS) is 11.0. The number of H-pyrrole nitrogens is 1. The van der Waals surface area contributed by atoms with Gasteiger partial charge < -0.3 is 13.9 Å². The number of aryl methyl sites for hydroxylation is 1. The first-order valence-corrected chi connectivity index (χ1v) is 9.90. The van der Waals surface area contributed by atoms with Crippen LogP contribution in [0.25, 0.3) is 22.6 Å². The number of fused-ring (bicyclic) bond motifs is 1. The van der Waals surface area contributed by atoms with Gasteiger partial charge in [-0.15, -0.1) is 10.2 Å². The molecule has 154 valence electrons. The fourth-order valence-electron chi connectivity index (χ4n) is 3.15. The number of aromatic amines is 1. The molecule has 0 aliphatic rings. The van der Waals surface area contributed by atoms with E-state index in [0.29, 0.717) is 29.9 Å². The van der Waals surface area contributed by atoms with E-state index >= 15 is 0 Å². The topological polar surface area (TPSA) is 103 Å². The molecule has 0 aliphatic carbocycles. The number of para-hydroxylation sites is 1. The summed E-state index contributed by atoms with van der Waals surface area (Å²) in [4.78, 5) is 12.3. The lowest BCUT2D eigenvalue weighted by Gasteiger charge is -2.11. The van der Waals surface area contributed by atoms with Gasteiger partial charge >= 0.3 is 0 Å². The van der Waals surface area contributed by atoms with E-state index in [4.69, 9.17) is 13.9 Å². The first-order chi connectivity index (χ1) is 14.7. The molecule has 8 heteroatoms. The molecule has 0 atom stereocenters. The van der Waals surface area contributed by atoms with Gasteiger partial charge in [-0.1, -0.05) is 31.5 Å². The Bertz CT molecular complexity index is 1170. The van der Waals surface area contributed by atoms with Gasteiger partial charge in [0.2, 0.25) is 5.82 Å². The van der Waals surface area contributed by atoms with Crippen LogP contribution in [0.4, 0.5) is 0 Å². The van der Waals surface area contributed by atoms with Crippen LogP contribution >= 0.6 is 0 Å². The van der Waals surface area contributed by atoms with Crippen LogP contribution < -0.4 is 14.9 Å². The fourth-order valence-corrected chi connectivity index (χ4v) is 3.15. The summed E-state index contributed by atoms with van der Waals surface area (Å²) in [6.07, 6.45) is 2.81. The van der Waals surface area contributed by atoms with Gasteiger partial charge in [0.05, 0.1) is 18.6 Å². The lowest BCUT2D eigenvalue weighted by molar-refractivity contribution is 0.246. The summed E-state index contributed by atoms with van der Waals surface area (Å²) < 4.78 is 17.5. The molecule has 0 aliphatic heterocycles. The second-order valence-electron chi connectivity index (χ2n) is 6.78. The molecule has 0 unspecified atom stereocenters. The van der Waals surface area contributed by atoms with Crippen molar-refractivity contribution in [1.82, 2.24) is 20.6 Å². The minimum Gasteiger partial charge on any atom is -0.493 e. The van der Waals surface area contributed by atoms with Crippen LogP contribution in [0.2, 0.25) is 0 Å². The predicted molar refractivity (Wildman–Crippen MR) is 112 cm³/mol. The average molecular weight is 406 g/mol. The second-order valence-corrected chi connectivity index (χ2v) is 6.78. The average Bonchev–Trinajstić information content (AvgIpc) is 3.29. The molecule has 0 spiro atoms. The van der Waals surface area contributed by atoms with Crippen molar-refractivity contribution < 1.29 is 13.9 Å². The van der Waals surface area contributed by atoms with E-state index < -0.39 is 0 Å². The Kier molecular flexibility index (Phi) is 6.03. The van der Waals surface area contributed by atoms with Crippen LogP contribution in [0.1, 0.15) is 25.3 Å². The van der Waals surface area contributed by atoms with Gasteiger partial charge in [-0.2, -0.15) is 5.21 Å². The molecular weight excluding hydrogens is 384 g/mol. The maximum Gasteiger partial charge on any atom is 0.239 e. The highest BCUT2D eigenvalue weighted by Gasteiger charge is 2.11. The maximum atomic E-state index is 12.3. The number of hydrogen-bond donors (Lipinski definition) is 1. The molecule has 4 aromatic rings. The Labute approximate surface area is 172 Å². The van der Waals surface area contributed by atoms with E-state index in [1.807, 2.05) is 18.2 Å². The molecule has 0 saturated heterocycles. The summed E-state index contributed by atoms with van der Waals surface area (Å²) >= 11 is 0. The predicted octanol–water partition coefficient (Wildman–Crippen LogP) is 3.77. The highest BCUT2D eigenvalue weighted by molar-refractivity contribution is 5.79. The molecule has 2 heterocycles. The van der Waals surface area contributed by atoms with Crippen LogP contribution in [0, 0.1) is 0 Å². The molecule has 1 N–H and O–H groups in total. The van der Waals surface area contributed by atoms with Crippen molar-refractivity contribution in [1.29, 1.82) is 0 Å². The fraction of sp³-hybridized carbons (Fsp3) is 0.273. The zero-order chi connectivity index (χ0) is 20.8. The Morgan fingerprint density at radius 1 is 1.07 bits per heavy atom. The second kappa shape index (κ2) is 9.21. The smallest absolute Gasteiger partial charge is 0.239 e. The van der Waals surface area contributed by atoms with E-state index in [-0.39, 0.29) is 17.0 Å². The molecule has 0 amide bonds. The Morgan fingerprint density at radius 3 is 2.77 bits per heavy atom. The van der Waals surface area contributed by atoms with Gasteiger partial charge in [0.1, 0.15) is 17.1 Å². The van der Waals surface area contributed by atoms with Gasteiger partial charge in [0.15, 0.2) is 11.2 Å². The number of tetrazole rings is 1. The SMILES string of the molecule is CCCc1ccccc1OCCCOc1ccc2c(=O)cc(-c3nn[nH]n3)oc2c1. The van der Waals surface area contributed by atoms with Gasteiger partial charge in [-0.05, 0) is 35.4 Å². The van der Waals surface area contributed by atoms with Crippen molar-refractivity contribution in [2.24, 2.45) is 0 Å². The summed E-state index contributed by atoms with van der Waals surface area (Å²) in [6.45, 7) is 3.20. The Hall–Kier alpha value is -3.68. The molecular formula is C22H22N4O4. The number of ether oxygens (including phenoxy) is 2. The molecule has 30 heavy (non-hydrogen) atoms. The highest BCUT2D eigenvalue weighted by atomic mass is 16.5. The van der Waals surface area contributed by atoms with E-state index in [9.17, 15) is 4.79 Å². The summed E-state index contributed by atoms with van der Waals surface area (Å²) in [5.74, 6) is 2.02. The minimum absolute atomic E-state index is 0.179. The Morgan fingerprint density at radius 2 is 1.93 bits per heavy atom. The van der Waals surface area contributed by atoms with E-state index in [2.05, 4.69) is 33.6 Å². The zero-order valence-electron chi connectivity index (χ0n) is 16.6. The van der Waals surface area contributed by atoms with Gasteiger partial charge in [0.25, 0.3) is 0 Å². The quantitative estimate of drug-likeness (QED) is 0.422. The number of hydrogen-bond acceptors (Lipinski definition) is 7. The van der Waals surface area contributed by atoms with E-state index in [1.54, 1.807) is 18.2 Å². The molecule has 0 fully saturated rings. The monoisotopic (exact) mass is 406 g/mol. The molecule has 0 bridgehead atoms.